The summed E-state index contributed by atoms with van der Waals surface area (Å²) in [7, 11) is -0.705. The molecule has 0 saturated heterocycles. The zero-order valence-corrected chi connectivity index (χ0v) is 17.5. The summed E-state index contributed by atoms with van der Waals surface area (Å²) in [5.74, 6) is 1.53. The molecule has 0 spiro atoms. The molecule has 0 heterocycles. The third-order valence-corrected chi connectivity index (χ3v) is 7.49. The van der Waals surface area contributed by atoms with Crippen LogP contribution in [0.4, 0.5) is 0 Å². The molecule has 0 bridgehead atoms. The molecule has 1 unspecified atom stereocenters. The number of nitrogens with one attached hydrogen (secondary N) is 1. The normalized spacial score (nSPS) is 22.7. The van der Waals surface area contributed by atoms with E-state index in [0.29, 0.717) is 12.0 Å². The maximum Gasteiger partial charge on any atom is 0.0375 e. The van der Waals surface area contributed by atoms with Crippen molar-refractivity contribution < 1.29 is 4.21 Å². The third kappa shape index (κ3) is 7.22. The lowest BCUT2D eigenvalue weighted by Gasteiger charge is -2.30. The molecule has 1 aliphatic rings. The van der Waals surface area contributed by atoms with Crippen LogP contribution in [0.5, 0.6) is 0 Å². The van der Waals surface area contributed by atoms with Gasteiger partial charge in [0, 0.05) is 33.9 Å². The van der Waals surface area contributed by atoms with Crippen LogP contribution in [0.25, 0.3) is 0 Å². The van der Waals surface area contributed by atoms with Gasteiger partial charge in [0.15, 0.2) is 0 Å². The molecule has 3 heteroatoms. The first kappa shape index (κ1) is 20.6. The molecule has 2 rings (SSSR count). The molecule has 142 valence electrons. The van der Waals surface area contributed by atoms with Crippen LogP contribution in [0.2, 0.25) is 0 Å². The van der Waals surface area contributed by atoms with E-state index in [1.807, 2.05) is 0 Å². The Balaban J connectivity index is 1.69. The highest BCUT2D eigenvalue weighted by molar-refractivity contribution is 7.86. The van der Waals surface area contributed by atoms with Crippen LogP contribution in [-0.4, -0.2) is 20.8 Å². The van der Waals surface area contributed by atoms with Gasteiger partial charge < -0.3 is 5.32 Å². The second-order valence-electron chi connectivity index (χ2n) is 8.64. The monoisotopic (exact) mass is 363 g/mol. The molecule has 0 radical (unpaired) electrons. The highest BCUT2D eigenvalue weighted by Gasteiger charge is 2.26. The van der Waals surface area contributed by atoms with E-state index in [1.54, 1.807) is 0 Å². The van der Waals surface area contributed by atoms with Crippen molar-refractivity contribution in [2.75, 3.05) is 5.75 Å². The Labute approximate surface area is 157 Å². The van der Waals surface area contributed by atoms with E-state index in [-0.39, 0.29) is 4.75 Å². The van der Waals surface area contributed by atoms with Gasteiger partial charge in [-0.05, 0) is 76.3 Å². The zero-order valence-electron chi connectivity index (χ0n) is 16.6. The van der Waals surface area contributed by atoms with Gasteiger partial charge in [-0.25, -0.2) is 0 Å². The van der Waals surface area contributed by atoms with Gasteiger partial charge in [-0.15, -0.1) is 0 Å². The summed E-state index contributed by atoms with van der Waals surface area (Å²) >= 11 is 0. The van der Waals surface area contributed by atoms with E-state index in [9.17, 15) is 4.21 Å². The SMILES string of the molecule is CCCCc1ccc(CNC2CCC(CS(=O)C(C)(C)C)CC2)cc1. The Kier molecular flexibility index (Phi) is 8.15. The molecule has 1 N–H and O–H groups in total. The van der Waals surface area contributed by atoms with Crippen LogP contribution < -0.4 is 5.32 Å². The number of rotatable bonds is 8. The van der Waals surface area contributed by atoms with E-state index in [0.717, 1.165) is 12.3 Å². The minimum Gasteiger partial charge on any atom is -0.310 e. The summed E-state index contributed by atoms with van der Waals surface area (Å²) in [4.78, 5) is 0. The second-order valence-corrected chi connectivity index (χ2v) is 10.9. The average molecular weight is 364 g/mol. The van der Waals surface area contributed by atoms with Crippen molar-refractivity contribution in [2.24, 2.45) is 5.92 Å². The van der Waals surface area contributed by atoms with Gasteiger partial charge in [-0.1, -0.05) is 37.6 Å². The highest BCUT2D eigenvalue weighted by atomic mass is 32.2. The van der Waals surface area contributed by atoms with Gasteiger partial charge >= 0.3 is 0 Å². The zero-order chi connectivity index (χ0) is 18.3. The van der Waals surface area contributed by atoms with Crippen molar-refractivity contribution in [1.29, 1.82) is 0 Å². The van der Waals surface area contributed by atoms with Gasteiger partial charge in [0.2, 0.25) is 0 Å². The topological polar surface area (TPSA) is 29.1 Å². The summed E-state index contributed by atoms with van der Waals surface area (Å²) in [6, 6.07) is 9.74. The lowest BCUT2D eigenvalue weighted by atomic mass is 9.87. The fourth-order valence-corrected chi connectivity index (χ4v) is 4.73. The van der Waals surface area contributed by atoms with E-state index in [1.165, 1.54) is 56.1 Å². The molecule has 1 aromatic rings. The Morgan fingerprint density at radius 3 is 2.20 bits per heavy atom. The smallest absolute Gasteiger partial charge is 0.0375 e. The third-order valence-electron chi connectivity index (χ3n) is 5.35. The number of aryl methyl sites for hydroxylation is 1. The van der Waals surface area contributed by atoms with Crippen molar-refractivity contribution in [1.82, 2.24) is 5.32 Å². The molecular formula is C22H37NOS. The lowest BCUT2D eigenvalue weighted by Crippen LogP contribution is -2.35. The minimum absolute atomic E-state index is 0.0710. The summed E-state index contributed by atoms with van der Waals surface area (Å²) < 4.78 is 12.2. The Bertz CT molecular complexity index is 524. The van der Waals surface area contributed by atoms with Gasteiger partial charge in [0.05, 0.1) is 0 Å². The predicted molar refractivity (Wildman–Crippen MR) is 110 cm³/mol. The van der Waals surface area contributed by atoms with E-state index in [4.69, 9.17) is 0 Å². The Hall–Kier alpha value is -0.670. The Morgan fingerprint density at radius 1 is 1.04 bits per heavy atom. The molecule has 0 aliphatic heterocycles. The van der Waals surface area contributed by atoms with Crippen LogP contribution in [0.3, 0.4) is 0 Å². The summed E-state index contributed by atoms with van der Waals surface area (Å²) in [6.07, 6.45) is 8.62. The van der Waals surface area contributed by atoms with Crippen molar-refractivity contribution in [3.63, 3.8) is 0 Å². The van der Waals surface area contributed by atoms with Crippen LogP contribution in [0.15, 0.2) is 24.3 Å². The second kappa shape index (κ2) is 9.87. The van der Waals surface area contributed by atoms with Crippen molar-refractivity contribution in [3.8, 4) is 0 Å². The maximum absolute atomic E-state index is 12.3. The summed E-state index contributed by atoms with van der Waals surface area (Å²) in [5, 5.41) is 3.73. The molecule has 1 aromatic carbocycles. The molecule has 1 atom stereocenters. The van der Waals surface area contributed by atoms with E-state index < -0.39 is 10.8 Å². The fourth-order valence-electron chi connectivity index (χ4n) is 3.46. The first-order valence-electron chi connectivity index (χ1n) is 10.1. The van der Waals surface area contributed by atoms with Gasteiger partial charge in [-0.3, -0.25) is 4.21 Å². The minimum atomic E-state index is -0.705. The van der Waals surface area contributed by atoms with Crippen LogP contribution in [-0.2, 0) is 23.8 Å². The van der Waals surface area contributed by atoms with E-state index in [2.05, 4.69) is 57.3 Å². The van der Waals surface area contributed by atoms with Gasteiger partial charge in [-0.2, -0.15) is 0 Å². The first-order chi connectivity index (χ1) is 11.9. The molecule has 1 fully saturated rings. The highest BCUT2D eigenvalue weighted by Crippen LogP contribution is 2.27. The molecule has 1 saturated carbocycles. The van der Waals surface area contributed by atoms with Crippen LogP contribution in [0.1, 0.15) is 77.3 Å². The standard InChI is InChI=1S/C22H37NOS/c1-5-6-7-18-8-10-19(11-9-18)16-23-21-14-12-20(13-15-21)17-25(24)22(2,3)4/h8-11,20-21,23H,5-7,12-17H2,1-4H3. The van der Waals surface area contributed by atoms with Crippen LogP contribution >= 0.6 is 0 Å². The Morgan fingerprint density at radius 2 is 1.64 bits per heavy atom. The van der Waals surface area contributed by atoms with Crippen molar-refractivity contribution in [2.45, 2.75) is 90.0 Å². The number of hydrogen-bond acceptors (Lipinski definition) is 2. The molecular weight excluding hydrogens is 326 g/mol. The maximum atomic E-state index is 12.3. The molecule has 1 aliphatic carbocycles. The first-order valence-corrected chi connectivity index (χ1v) is 11.4. The van der Waals surface area contributed by atoms with Crippen LogP contribution in [0, 0.1) is 5.92 Å². The summed E-state index contributed by atoms with van der Waals surface area (Å²) in [5.41, 5.74) is 2.84. The van der Waals surface area contributed by atoms with Crippen molar-refractivity contribution in [3.05, 3.63) is 35.4 Å². The largest absolute Gasteiger partial charge is 0.310 e. The van der Waals surface area contributed by atoms with Crippen molar-refractivity contribution >= 4 is 10.8 Å². The molecule has 0 aromatic heterocycles. The van der Waals surface area contributed by atoms with Gasteiger partial charge in [0.1, 0.15) is 0 Å². The van der Waals surface area contributed by atoms with Gasteiger partial charge in [0.25, 0.3) is 0 Å². The van der Waals surface area contributed by atoms with E-state index >= 15 is 0 Å². The average Bonchev–Trinajstić information content (AvgIpc) is 2.59. The predicted octanol–water partition coefficient (Wildman–Crippen LogP) is 5.22. The molecule has 0 amide bonds. The fraction of sp³-hybridized carbons (Fsp3) is 0.727. The number of unbranched alkanes of at least 4 members (excludes halogenated alkanes) is 1. The quantitative estimate of drug-likeness (QED) is 0.685. The molecule has 2 nitrogen and oxygen atoms in total. The lowest BCUT2D eigenvalue weighted by molar-refractivity contribution is 0.308. The number of hydrogen-bond donors (Lipinski definition) is 1. The molecule has 25 heavy (non-hydrogen) atoms. The summed E-state index contributed by atoms with van der Waals surface area (Å²) in [6.45, 7) is 9.47. The number of benzene rings is 1.